The van der Waals surface area contributed by atoms with Crippen LogP contribution in [0.5, 0.6) is 0 Å². The molecule has 0 aromatic carbocycles. The fourth-order valence-corrected chi connectivity index (χ4v) is 1.74. The molecule has 6 heteroatoms. The maximum Gasteiger partial charge on any atom is 0.313 e. The molecule has 0 radical (unpaired) electrons. The van der Waals surface area contributed by atoms with Gasteiger partial charge in [0, 0.05) is 13.0 Å². The van der Waals surface area contributed by atoms with Crippen LogP contribution in [0.2, 0.25) is 0 Å². The van der Waals surface area contributed by atoms with Gasteiger partial charge in [-0.25, -0.2) is 0 Å². The lowest BCUT2D eigenvalue weighted by atomic mass is 10.1. The summed E-state index contributed by atoms with van der Waals surface area (Å²) in [5.74, 6) is -0.00893. The topological polar surface area (TPSA) is 78.0 Å². The van der Waals surface area contributed by atoms with Crippen LogP contribution >= 0.6 is 0 Å². The number of ketones is 1. The van der Waals surface area contributed by atoms with Crippen molar-refractivity contribution in [3.63, 3.8) is 0 Å². The monoisotopic (exact) mass is 239 g/mol. The Morgan fingerprint density at radius 3 is 2.59 bits per heavy atom. The second-order valence-corrected chi connectivity index (χ2v) is 3.93. The van der Waals surface area contributed by atoms with Crippen molar-refractivity contribution in [3.05, 3.63) is 21.5 Å². The average Bonchev–Trinajstić information content (AvgIpc) is 2.55. The van der Waals surface area contributed by atoms with Crippen LogP contribution < -0.4 is 0 Å². The first-order valence-corrected chi connectivity index (χ1v) is 5.73. The van der Waals surface area contributed by atoms with Gasteiger partial charge in [0.1, 0.15) is 17.2 Å². The summed E-state index contributed by atoms with van der Waals surface area (Å²) in [4.78, 5) is 22.0. The summed E-state index contributed by atoms with van der Waals surface area (Å²) in [6.07, 6.45) is 1.30. The van der Waals surface area contributed by atoms with Crippen molar-refractivity contribution in [3.8, 4) is 0 Å². The summed E-state index contributed by atoms with van der Waals surface area (Å²) in [5.41, 5.74) is 0.795. The number of nitrogens with zero attached hydrogens (tertiary/aromatic N) is 3. The molecule has 1 aromatic rings. The van der Waals surface area contributed by atoms with Gasteiger partial charge in [-0.3, -0.25) is 19.6 Å². The molecular weight excluding hydrogens is 222 g/mol. The summed E-state index contributed by atoms with van der Waals surface area (Å²) in [5, 5.41) is 15.1. The molecule has 0 unspecified atom stereocenters. The highest BCUT2D eigenvalue weighted by Crippen LogP contribution is 2.24. The van der Waals surface area contributed by atoms with Crippen molar-refractivity contribution in [1.29, 1.82) is 0 Å². The Kier molecular flexibility index (Phi) is 4.37. The lowest BCUT2D eigenvalue weighted by Crippen LogP contribution is -2.10. The molecule has 1 rings (SSSR count). The fraction of sp³-hybridized carbons (Fsp3) is 0.636. The van der Waals surface area contributed by atoms with E-state index in [-0.39, 0.29) is 17.9 Å². The standard InChI is InChI=1S/C11H17N3O3/c1-4-6-13-10(7-9(15)5-2)11(14(16)17)8(3)12-13/h4-7H2,1-3H3. The molecule has 0 amide bonds. The second kappa shape index (κ2) is 5.56. The molecule has 0 saturated heterocycles. The molecule has 0 N–H and O–H groups in total. The number of rotatable bonds is 6. The summed E-state index contributed by atoms with van der Waals surface area (Å²) in [6.45, 7) is 5.92. The molecule has 0 fully saturated rings. The molecule has 0 aliphatic heterocycles. The van der Waals surface area contributed by atoms with E-state index >= 15 is 0 Å². The van der Waals surface area contributed by atoms with E-state index in [1.165, 1.54) is 0 Å². The maximum atomic E-state index is 11.5. The molecule has 94 valence electrons. The molecule has 1 aromatic heterocycles. The van der Waals surface area contributed by atoms with Crippen LogP contribution in [0.1, 0.15) is 38.1 Å². The Morgan fingerprint density at radius 1 is 1.47 bits per heavy atom. The average molecular weight is 239 g/mol. The van der Waals surface area contributed by atoms with Crippen LogP contribution in [0.25, 0.3) is 0 Å². The smallest absolute Gasteiger partial charge is 0.299 e. The molecule has 0 saturated carbocycles. The van der Waals surface area contributed by atoms with E-state index in [4.69, 9.17) is 0 Å². The van der Waals surface area contributed by atoms with Crippen molar-refractivity contribution in [2.24, 2.45) is 0 Å². The summed E-state index contributed by atoms with van der Waals surface area (Å²) < 4.78 is 1.58. The molecule has 17 heavy (non-hydrogen) atoms. The van der Waals surface area contributed by atoms with Crippen molar-refractivity contribution < 1.29 is 9.72 Å². The largest absolute Gasteiger partial charge is 0.313 e. The SMILES string of the molecule is CCCn1nc(C)c([N+](=O)[O-])c1CC(=O)CC. The first-order valence-electron chi connectivity index (χ1n) is 5.73. The normalized spacial score (nSPS) is 10.5. The van der Waals surface area contributed by atoms with Crippen molar-refractivity contribution in [2.45, 2.75) is 46.6 Å². The summed E-state index contributed by atoms with van der Waals surface area (Å²) >= 11 is 0. The molecule has 0 spiro atoms. The van der Waals surface area contributed by atoms with E-state index in [1.807, 2.05) is 6.92 Å². The van der Waals surface area contributed by atoms with Gasteiger partial charge in [0.25, 0.3) is 0 Å². The number of hydrogen-bond donors (Lipinski definition) is 0. The van der Waals surface area contributed by atoms with Gasteiger partial charge in [-0.15, -0.1) is 0 Å². The van der Waals surface area contributed by atoms with Gasteiger partial charge in [0.05, 0.1) is 11.3 Å². The minimum Gasteiger partial charge on any atom is -0.299 e. The van der Waals surface area contributed by atoms with E-state index < -0.39 is 4.92 Å². The Hall–Kier alpha value is -1.72. The van der Waals surface area contributed by atoms with Crippen LogP contribution in [0, 0.1) is 17.0 Å². The lowest BCUT2D eigenvalue weighted by Gasteiger charge is -2.03. The van der Waals surface area contributed by atoms with E-state index in [2.05, 4.69) is 5.10 Å². The van der Waals surface area contributed by atoms with Crippen molar-refractivity contribution in [1.82, 2.24) is 9.78 Å². The third kappa shape index (κ3) is 2.89. The highest BCUT2D eigenvalue weighted by Gasteiger charge is 2.25. The second-order valence-electron chi connectivity index (χ2n) is 3.93. The van der Waals surface area contributed by atoms with E-state index in [0.717, 1.165) is 6.42 Å². The minimum atomic E-state index is -0.452. The maximum absolute atomic E-state index is 11.5. The Balaban J connectivity index is 3.19. The number of carbonyl (C=O) groups is 1. The highest BCUT2D eigenvalue weighted by atomic mass is 16.6. The van der Waals surface area contributed by atoms with Gasteiger partial charge in [-0.1, -0.05) is 13.8 Å². The van der Waals surface area contributed by atoms with Gasteiger partial charge in [0.15, 0.2) is 0 Å². The van der Waals surface area contributed by atoms with Crippen LogP contribution in [-0.4, -0.2) is 20.5 Å². The Bertz CT molecular complexity index is 437. The predicted octanol–water partition coefficient (Wildman–Crippen LogP) is 2.03. The third-order valence-electron chi connectivity index (χ3n) is 2.58. The van der Waals surface area contributed by atoms with Crippen LogP contribution in [0.4, 0.5) is 5.69 Å². The number of nitro groups is 1. The predicted molar refractivity (Wildman–Crippen MR) is 62.9 cm³/mol. The summed E-state index contributed by atoms with van der Waals surface area (Å²) in [6, 6.07) is 0. The number of Topliss-reactive ketones (excluding diaryl/α,β-unsaturated/α-hetero) is 1. The molecular formula is C11H17N3O3. The van der Waals surface area contributed by atoms with Gasteiger partial charge in [-0.2, -0.15) is 5.10 Å². The zero-order valence-corrected chi connectivity index (χ0v) is 10.4. The summed E-state index contributed by atoms with van der Waals surface area (Å²) in [7, 11) is 0. The van der Waals surface area contributed by atoms with Gasteiger partial charge >= 0.3 is 5.69 Å². The first-order chi connectivity index (χ1) is 8.01. The van der Waals surface area contributed by atoms with Crippen LogP contribution in [-0.2, 0) is 17.8 Å². The van der Waals surface area contributed by atoms with Gasteiger partial charge in [0.2, 0.25) is 0 Å². The number of aromatic nitrogens is 2. The number of aryl methyl sites for hydroxylation is 2. The number of hydrogen-bond acceptors (Lipinski definition) is 4. The lowest BCUT2D eigenvalue weighted by molar-refractivity contribution is -0.386. The van der Waals surface area contributed by atoms with Crippen molar-refractivity contribution >= 4 is 11.5 Å². The van der Waals surface area contributed by atoms with E-state index in [1.54, 1.807) is 18.5 Å². The zero-order valence-electron chi connectivity index (χ0n) is 10.4. The molecule has 0 bridgehead atoms. The quantitative estimate of drug-likeness (QED) is 0.562. The molecule has 0 aliphatic carbocycles. The van der Waals surface area contributed by atoms with E-state index in [9.17, 15) is 14.9 Å². The van der Waals surface area contributed by atoms with Crippen molar-refractivity contribution in [2.75, 3.05) is 0 Å². The zero-order chi connectivity index (χ0) is 13.0. The molecule has 6 nitrogen and oxygen atoms in total. The fourth-order valence-electron chi connectivity index (χ4n) is 1.74. The third-order valence-corrected chi connectivity index (χ3v) is 2.58. The Labute approximate surface area is 99.8 Å². The molecule has 0 aliphatic rings. The molecule has 1 heterocycles. The van der Waals surface area contributed by atoms with Crippen LogP contribution in [0.3, 0.4) is 0 Å². The highest BCUT2D eigenvalue weighted by molar-refractivity contribution is 5.81. The minimum absolute atomic E-state index is 0.00893. The molecule has 0 atom stereocenters. The first kappa shape index (κ1) is 13.3. The number of carbonyl (C=O) groups excluding carboxylic acids is 1. The Morgan fingerprint density at radius 2 is 2.12 bits per heavy atom. The van der Waals surface area contributed by atoms with E-state index in [0.29, 0.717) is 24.4 Å². The van der Waals surface area contributed by atoms with Crippen LogP contribution in [0.15, 0.2) is 0 Å². The van der Waals surface area contributed by atoms with Gasteiger partial charge in [-0.05, 0) is 13.3 Å². The van der Waals surface area contributed by atoms with Gasteiger partial charge < -0.3 is 0 Å².